The van der Waals surface area contributed by atoms with E-state index >= 15 is 0 Å². The van der Waals surface area contributed by atoms with Crippen molar-refractivity contribution < 1.29 is 33.7 Å². The van der Waals surface area contributed by atoms with Crippen molar-refractivity contribution in [3.63, 3.8) is 0 Å². The van der Waals surface area contributed by atoms with Crippen LogP contribution >= 0.6 is 0 Å². The first-order valence-electron chi connectivity index (χ1n) is 10.4. The molecule has 6 rings (SSSR count). The standard InChI is InChI=1S/C21H24O7/c1-19-6-5-11-12(9-26-18(11)25)13(19)8-14-20(27-14)17(24)10(3-2-4-16(22)23)7-15-21(19,20)28-15/h10,13-15H,2-9H2,1H3,(H,22,23). The number of cyclic esters (lactones) is 1. The number of epoxide rings is 2. The van der Waals surface area contributed by atoms with E-state index < -0.39 is 17.2 Å². The molecule has 2 spiro atoms. The monoisotopic (exact) mass is 388 g/mol. The molecule has 0 aromatic carbocycles. The highest BCUT2D eigenvalue weighted by Gasteiger charge is 2.93. The molecule has 4 fully saturated rings. The zero-order valence-electron chi connectivity index (χ0n) is 15.9. The molecule has 28 heavy (non-hydrogen) atoms. The average Bonchev–Trinajstić information content (AvgIpc) is 3.52. The van der Waals surface area contributed by atoms with Gasteiger partial charge in [-0.2, -0.15) is 0 Å². The number of fused-ring (bicyclic) bond motifs is 2. The summed E-state index contributed by atoms with van der Waals surface area (Å²) in [5, 5.41) is 8.90. The van der Waals surface area contributed by atoms with Gasteiger partial charge in [0.1, 0.15) is 12.2 Å². The normalized spacial score (nSPS) is 50.0. The van der Waals surface area contributed by atoms with Crippen LogP contribution in [0.2, 0.25) is 0 Å². The molecule has 7 heteroatoms. The van der Waals surface area contributed by atoms with Gasteiger partial charge < -0.3 is 19.3 Å². The van der Waals surface area contributed by atoms with Crippen molar-refractivity contribution >= 4 is 17.7 Å². The lowest BCUT2D eigenvalue weighted by atomic mass is 9.47. The van der Waals surface area contributed by atoms with Crippen LogP contribution in [0.3, 0.4) is 0 Å². The first-order chi connectivity index (χ1) is 13.3. The van der Waals surface area contributed by atoms with Gasteiger partial charge >= 0.3 is 11.9 Å². The van der Waals surface area contributed by atoms with Gasteiger partial charge in [0.25, 0.3) is 0 Å². The summed E-state index contributed by atoms with van der Waals surface area (Å²) in [6, 6.07) is 0. The maximum absolute atomic E-state index is 13.5. The van der Waals surface area contributed by atoms with Gasteiger partial charge in [-0.25, -0.2) is 4.79 Å². The summed E-state index contributed by atoms with van der Waals surface area (Å²) >= 11 is 0. The van der Waals surface area contributed by atoms with E-state index in [0.29, 0.717) is 32.3 Å². The Balaban J connectivity index is 1.33. The first kappa shape index (κ1) is 17.2. The van der Waals surface area contributed by atoms with Crippen molar-refractivity contribution in [3.05, 3.63) is 11.1 Å². The fourth-order valence-electron chi connectivity index (χ4n) is 7.23. The third-order valence-electron chi connectivity index (χ3n) is 8.55. The number of carboxylic acids is 1. The molecule has 6 aliphatic rings. The SMILES string of the molecule is CC12CCC3=C(COC3=O)C1CC1OC13C(=O)C(CCCC(=O)O)CC1OC123. The lowest BCUT2D eigenvalue weighted by Gasteiger charge is -2.52. The predicted octanol–water partition coefficient (Wildman–Crippen LogP) is 1.78. The molecule has 0 amide bonds. The summed E-state index contributed by atoms with van der Waals surface area (Å²) in [6.07, 6.45) is 3.86. The number of carbonyl (C=O) groups is 3. The summed E-state index contributed by atoms with van der Waals surface area (Å²) in [5.41, 5.74) is 0.258. The molecule has 0 aromatic rings. The highest BCUT2D eigenvalue weighted by molar-refractivity contribution is 5.97. The maximum Gasteiger partial charge on any atom is 0.334 e. The quantitative estimate of drug-likeness (QED) is 0.578. The molecule has 0 radical (unpaired) electrons. The molecule has 1 N–H and O–H groups in total. The number of carboxylic acid groups (broad SMARTS) is 1. The predicted molar refractivity (Wildman–Crippen MR) is 93.2 cm³/mol. The van der Waals surface area contributed by atoms with E-state index in [1.54, 1.807) is 0 Å². The van der Waals surface area contributed by atoms with Crippen LogP contribution in [-0.4, -0.2) is 52.8 Å². The van der Waals surface area contributed by atoms with E-state index in [2.05, 4.69) is 6.92 Å². The highest BCUT2D eigenvalue weighted by Crippen LogP contribution is 2.78. The van der Waals surface area contributed by atoms with Gasteiger partial charge in [0, 0.05) is 23.3 Å². The van der Waals surface area contributed by atoms with Gasteiger partial charge in [0.2, 0.25) is 0 Å². The topological polar surface area (TPSA) is 106 Å². The lowest BCUT2D eigenvalue weighted by molar-refractivity contribution is -0.140. The van der Waals surface area contributed by atoms with E-state index in [1.165, 1.54) is 0 Å². The summed E-state index contributed by atoms with van der Waals surface area (Å²) in [4.78, 5) is 36.4. The molecule has 3 heterocycles. The molecule has 7 nitrogen and oxygen atoms in total. The molecule has 7 unspecified atom stereocenters. The fraction of sp³-hybridized carbons (Fsp3) is 0.762. The van der Waals surface area contributed by atoms with Crippen molar-refractivity contribution in [3.8, 4) is 0 Å². The largest absolute Gasteiger partial charge is 0.481 e. The minimum atomic E-state index is -0.851. The first-order valence-corrected chi connectivity index (χ1v) is 10.4. The van der Waals surface area contributed by atoms with E-state index in [-0.39, 0.29) is 47.6 Å². The van der Waals surface area contributed by atoms with E-state index in [9.17, 15) is 14.4 Å². The summed E-state index contributed by atoms with van der Waals surface area (Å²) in [5.74, 6) is -0.916. The smallest absolute Gasteiger partial charge is 0.334 e. The van der Waals surface area contributed by atoms with Crippen LogP contribution in [0.15, 0.2) is 11.1 Å². The number of esters is 1. The Morgan fingerprint density at radius 2 is 2.04 bits per heavy atom. The van der Waals surface area contributed by atoms with E-state index in [0.717, 1.165) is 24.0 Å². The fourth-order valence-corrected chi connectivity index (χ4v) is 7.23. The summed E-state index contributed by atoms with van der Waals surface area (Å²) < 4.78 is 17.9. The molecular formula is C21H24O7. The second-order valence-corrected chi connectivity index (χ2v) is 9.55. The lowest BCUT2D eigenvalue weighted by Crippen LogP contribution is -2.64. The minimum absolute atomic E-state index is 0.0157. The van der Waals surface area contributed by atoms with Crippen LogP contribution in [0.25, 0.3) is 0 Å². The van der Waals surface area contributed by atoms with Crippen molar-refractivity contribution in [2.24, 2.45) is 17.3 Å². The molecule has 3 aliphatic heterocycles. The maximum atomic E-state index is 13.5. The third kappa shape index (κ3) is 1.73. The summed E-state index contributed by atoms with van der Waals surface area (Å²) in [6.45, 7) is 2.57. The van der Waals surface area contributed by atoms with Gasteiger partial charge in [-0.1, -0.05) is 6.92 Å². The molecule has 0 aromatic heterocycles. The zero-order chi connectivity index (χ0) is 19.5. The zero-order valence-corrected chi connectivity index (χ0v) is 15.9. The Bertz CT molecular complexity index is 861. The number of ketones is 1. The minimum Gasteiger partial charge on any atom is -0.481 e. The van der Waals surface area contributed by atoms with Gasteiger partial charge in [0.05, 0.1) is 12.2 Å². The molecule has 150 valence electrons. The number of hydrogen-bond donors (Lipinski definition) is 1. The molecule has 3 aliphatic carbocycles. The van der Waals surface area contributed by atoms with E-state index in [4.69, 9.17) is 19.3 Å². The van der Waals surface area contributed by atoms with Gasteiger partial charge in [-0.3, -0.25) is 9.59 Å². The molecular weight excluding hydrogens is 364 g/mol. The van der Waals surface area contributed by atoms with Gasteiger partial charge in [0.15, 0.2) is 11.4 Å². The Morgan fingerprint density at radius 1 is 1.21 bits per heavy atom. The average molecular weight is 388 g/mol. The van der Waals surface area contributed by atoms with Crippen LogP contribution in [0.4, 0.5) is 0 Å². The molecule has 2 saturated carbocycles. The van der Waals surface area contributed by atoms with Gasteiger partial charge in [-0.15, -0.1) is 0 Å². The number of rotatable bonds is 4. The molecule has 7 atom stereocenters. The van der Waals surface area contributed by atoms with Crippen molar-refractivity contribution in [2.75, 3.05) is 6.61 Å². The Kier molecular flexibility index (Phi) is 3.10. The number of aliphatic carboxylic acids is 1. The van der Waals surface area contributed by atoms with Crippen molar-refractivity contribution in [2.45, 2.75) is 75.3 Å². The number of carbonyl (C=O) groups excluding carboxylic acids is 2. The number of Topliss-reactive ketones (excluding diaryl/α,β-unsaturated/α-hetero) is 1. The van der Waals surface area contributed by atoms with Crippen LogP contribution in [-0.2, 0) is 28.6 Å². The second-order valence-electron chi connectivity index (χ2n) is 9.55. The molecule has 2 saturated heterocycles. The van der Waals surface area contributed by atoms with Crippen LogP contribution < -0.4 is 0 Å². The van der Waals surface area contributed by atoms with E-state index in [1.807, 2.05) is 0 Å². The van der Waals surface area contributed by atoms with Crippen LogP contribution in [0.1, 0.15) is 51.9 Å². The third-order valence-corrected chi connectivity index (χ3v) is 8.55. The summed E-state index contributed by atoms with van der Waals surface area (Å²) in [7, 11) is 0. The Hall–Kier alpha value is -1.73. The van der Waals surface area contributed by atoms with Crippen LogP contribution in [0, 0.1) is 17.3 Å². The highest BCUT2D eigenvalue weighted by atomic mass is 16.7. The number of hydrogen-bond acceptors (Lipinski definition) is 6. The Morgan fingerprint density at radius 3 is 2.82 bits per heavy atom. The second kappa shape index (κ2) is 5.05. The van der Waals surface area contributed by atoms with Gasteiger partial charge in [-0.05, 0) is 50.0 Å². The number of ether oxygens (including phenoxy) is 3. The Labute approximate surface area is 162 Å². The van der Waals surface area contributed by atoms with Crippen LogP contribution in [0.5, 0.6) is 0 Å². The van der Waals surface area contributed by atoms with Crippen molar-refractivity contribution in [1.29, 1.82) is 0 Å². The molecule has 0 bridgehead atoms. The van der Waals surface area contributed by atoms with Crippen molar-refractivity contribution in [1.82, 2.24) is 0 Å².